The molecule has 2 N–H and O–H groups in total. The van der Waals surface area contributed by atoms with Crippen molar-refractivity contribution in [2.24, 2.45) is 11.8 Å². The summed E-state index contributed by atoms with van der Waals surface area (Å²) < 4.78 is 39.7. The van der Waals surface area contributed by atoms with Crippen molar-refractivity contribution in [1.82, 2.24) is 10.6 Å². The summed E-state index contributed by atoms with van der Waals surface area (Å²) in [7, 11) is 0. The van der Waals surface area contributed by atoms with Gasteiger partial charge >= 0.3 is 6.18 Å². The molecule has 1 saturated heterocycles. The minimum Gasteiger partial charge on any atom is -0.344 e. The Kier molecular flexibility index (Phi) is 6.66. The Labute approximate surface area is 141 Å². The fourth-order valence-corrected chi connectivity index (χ4v) is 3.22. The smallest absolute Gasteiger partial charge is 0.344 e. The minimum atomic E-state index is -4.45. The standard InChI is InChI=1S/C18H25F3N2O/c1-13(15-7-9-22-10-8-15)11-17(24)23-16(18(19,20)21)12-14-5-3-2-4-6-14/h2-6,13,15-16,22H,7-12H2,1H3,(H,23,24). The van der Waals surface area contributed by atoms with Gasteiger partial charge in [0.15, 0.2) is 0 Å². The molecule has 1 fully saturated rings. The molecule has 1 heterocycles. The Bertz CT molecular complexity index is 513. The number of halogens is 3. The van der Waals surface area contributed by atoms with E-state index in [0.29, 0.717) is 11.5 Å². The second kappa shape index (κ2) is 8.51. The highest BCUT2D eigenvalue weighted by molar-refractivity contribution is 5.76. The summed E-state index contributed by atoms with van der Waals surface area (Å²) in [6.07, 6.45) is -2.60. The molecular formula is C18H25F3N2O. The number of hydrogen-bond acceptors (Lipinski definition) is 2. The molecule has 1 aromatic rings. The molecule has 1 amide bonds. The van der Waals surface area contributed by atoms with Crippen molar-refractivity contribution in [2.45, 2.75) is 44.8 Å². The number of benzene rings is 1. The van der Waals surface area contributed by atoms with E-state index in [2.05, 4.69) is 10.6 Å². The molecule has 0 spiro atoms. The number of hydrogen-bond donors (Lipinski definition) is 2. The molecule has 0 aliphatic carbocycles. The van der Waals surface area contributed by atoms with E-state index in [1.807, 2.05) is 6.92 Å². The number of piperidine rings is 1. The molecule has 0 saturated carbocycles. The lowest BCUT2D eigenvalue weighted by atomic mass is 9.84. The van der Waals surface area contributed by atoms with Crippen LogP contribution in [0.25, 0.3) is 0 Å². The van der Waals surface area contributed by atoms with Gasteiger partial charge in [0.1, 0.15) is 6.04 Å². The van der Waals surface area contributed by atoms with Crippen molar-refractivity contribution >= 4 is 5.91 Å². The van der Waals surface area contributed by atoms with E-state index < -0.39 is 18.1 Å². The zero-order chi connectivity index (χ0) is 17.6. The van der Waals surface area contributed by atoms with E-state index in [1.54, 1.807) is 30.3 Å². The van der Waals surface area contributed by atoms with Crippen molar-refractivity contribution in [1.29, 1.82) is 0 Å². The zero-order valence-electron chi connectivity index (χ0n) is 13.9. The predicted octanol–water partition coefficient (Wildman–Crippen LogP) is 3.30. The molecule has 2 rings (SSSR count). The van der Waals surface area contributed by atoms with Gasteiger partial charge in [0.05, 0.1) is 0 Å². The van der Waals surface area contributed by atoms with Crippen LogP contribution in [0.4, 0.5) is 13.2 Å². The third-order valence-electron chi connectivity index (χ3n) is 4.71. The maximum Gasteiger partial charge on any atom is 0.408 e. The fourth-order valence-electron chi connectivity index (χ4n) is 3.22. The highest BCUT2D eigenvalue weighted by Crippen LogP contribution is 2.26. The van der Waals surface area contributed by atoms with Crippen molar-refractivity contribution in [2.75, 3.05) is 13.1 Å². The number of carbonyl (C=O) groups excluding carboxylic acids is 1. The number of amides is 1. The van der Waals surface area contributed by atoms with Gasteiger partial charge in [-0.15, -0.1) is 0 Å². The Hall–Kier alpha value is -1.56. The van der Waals surface area contributed by atoms with Crippen LogP contribution in [-0.2, 0) is 11.2 Å². The molecule has 1 aliphatic heterocycles. The molecule has 3 nitrogen and oxygen atoms in total. The lowest BCUT2D eigenvalue weighted by molar-refractivity contribution is -0.161. The van der Waals surface area contributed by atoms with E-state index in [4.69, 9.17) is 0 Å². The van der Waals surface area contributed by atoms with Gasteiger partial charge in [-0.1, -0.05) is 37.3 Å². The Morgan fingerprint density at radius 2 is 1.88 bits per heavy atom. The van der Waals surface area contributed by atoms with Gasteiger partial charge < -0.3 is 10.6 Å². The van der Waals surface area contributed by atoms with Crippen molar-refractivity contribution in [3.63, 3.8) is 0 Å². The van der Waals surface area contributed by atoms with Gasteiger partial charge in [0, 0.05) is 12.8 Å². The summed E-state index contributed by atoms with van der Waals surface area (Å²) in [6.45, 7) is 3.78. The van der Waals surface area contributed by atoms with Crippen molar-refractivity contribution in [3.8, 4) is 0 Å². The van der Waals surface area contributed by atoms with Gasteiger partial charge in [-0.25, -0.2) is 0 Å². The molecule has 2 atom stereocenters. The summed E-state index contributed by atoms with van der Waals surface area (Å²) in [4.78, 5) is 12.1. The van der Waals surface area contributed by atoms with Crippen molar-refractivity contribution in [3.05, 3.63) is 35.9 Å². The van der Waals surface area contributed by atoms with E-state index >= 15 is 0 Å². The van der Waals surface area contributed by atoms with E-state index in [-0.39, 0.29) is 18.8 Å². The number of carbonyl (C=O) groups is 1. The summed E-state index contributed by atoms with van der Waals surface area (Å²) in [5.41, 5.74) is 0.562. The molecule has 1 aromatic carbocycles. The highest BCUT2D eigenvalue weighted by Gasteiger charge is 2.40. The predicted molar refractivity (Wildman–Crippen MR) is 87.5 cm³/mol. The Morgan fingerprint density at radius 1 is 1.25 bits per heavy atom. The Balaban J connectivity index is 1.92. The molecule has 1 aliphatic rings. The number of alkyl halides is 3. The first kappa shape index (κ1) is 18.8. The van der Waals surface area contributed by atoms with Gasteiger partial charge in [0.25, 0.3) is 0 Å². The monoisotopic (exact) mass is 342 g/mol. The van der Waals surface area contributed by atoms with Gasteiger partial charge in [-0.05, 0) is 43.3 Å². The van der Waals surface area contributed by atoms with Crippen LogP contribution in [0.15, 0.2) is 30.3 Å². The summed E-state index contributed by atoms with van der Waals surface area (Å²) >= 11 is 0. The normalized spacial score (nSPS) is 18.8. The molecule has 6 heteroatoms. The van der Waals surface area contributed by atoms with Crippen LogP contribution in [0.1, 0.15) is 31.7 Å². The molecule has 2 unspecified atom stereocenters. The third-order valence-corrected chi connectivity index (χ3v) is 4.71. The maximum atomic E-state index is 13.2. The van der Waals surface area contributed by atoms with Gasteiger partial charge in [0.2, 0.25) is 5.91 Å². The molecule has 24 heavy (non-hydrogen) atoms. The van der Waals surface area contributed by atoms with Crippen LogP contribution < -0.4 is 10.6 Å². The molecule has 0 aromatic heterocycles. The van der Waals surface area contributed by atoms with Crippen molar-refractivity contribution < 1.29 is 18.0 Å². The second-order valence-electron chi connectivity index (χ2n) is 6.62. The second-order valence-corrected chi connectivity index (χ2v) is 6.62. The number of nitrogens with one attached hydrogen (secondary N) is 2. The van der Waals surface area contributed by atoms with Crippen LogP contribution in [0, 0.1) is 11.8 Å². The quantitative estimate of drug-likeness (QED) is 0.833. The Morgan fingerprint density at radius 3 is 2.46 bits per heavy atom. The summed E-state index contributed by atoms with van der Waals surface area (Å²) in [5.74, 6) is -0.0209. The lowest BCUT2D eigenvalue weighted by Gasteiger charge is -2.29. The van der Waals surface area contributed by atoms with Crippen LogP contribution >= 0.6 is 0 Å². The summed E-state index contributed by atoms with van der Waals surface area (Å²) in [6, 6.07) is 6.59. The van der Waals surface area contributed by atoms with E-state index in [1.165, 1.54) is 0 Å². The molecular weight excluding hydrogens is 317 g/mol. The fraction of sp³-hybridized carbons (Fsp3) is 0.611. The number of rotatable bonds is 6. The zero-order valence-corrected chi connectivity index (χ0v) is 13.9. The van der Waals surface area contributed by atoms with Gasteiger partial charge in [-0.3, -0.25) is 4.79 Å². The maximum absolute atomic E-state index is 13.2. The van der Waals surface area contributed by atoms with Crippen LogP contribution in [0.3, 0.4) is 0 Å². The largest absolute Gasteiger partial charge is 0.408 e. The van der Waals surface area contributed by atoms with E-state index in [0.717, 1.165) is 25.9 Å². The van der Waals surface area contributed by atoms with Gasteiger partial charge in [-0.2, -0.15) is 13.2 Å². The first-order chi connectivity index (χ1) is 11.4. The third kappa shape index (κ3) is 5.82. The summed E-state index contributed by atoms with van der Waals surface area (Å²) in [5, 5.41) is 5.45. The first-order valence-electron chi connectivity index (χ1n) is 8.47. The highest BCUT2D eigenvalue weighted by atomic mass is 19.4. The first-order valence-corrected chi connectivity index (χ1v) is 8.47. The topological polar surface area (TPSA) is 41.1 Å². The SMILES string of the molecule is CC(CC(=O)NC(Cc1ccccc1)C(F)(F)F)C1CCNCC1. The molecule has 134 valence electrons. The van der Waals surface area contributed by atoms with Crippen LogP contribution in [0.5, 0.6) is 0 Å². The van der Waals surface area contributed by atoms with Crippen LogP contribution in [-0.4, -0.2) is 31.2 Å². The molecule has 0 bridgehead atoms. The lowest BCUT2D eigenvalue weighted by Crippen LogP contribution is -2.47. The van der Waals surface area contributed by atoms with E-state index in [9.17, 15) is 18.0 Å². The minimum absolute atomic E-state index is 0.0951. The average molecular weight is 342 g/mol. The van der Waals surface area contributed by atoms with Crippen LogP contribution in [0.2, 0.25) is 0 Å². The molecule has 0 radical (unpaired) electrons. The average Bonchev–Trinajstić information content (AvgIpc) is 2.55.